The van der Waals surface area contributed by atoms with E-state index < -0.39 is 11.9 Å². The number of carboxylic acids is 2. The van der Waals surface area contributed by atoms with Gasteiger partial charge >= 0.3 is 11.9 Å². The first kappa shape index (κ1) is 21.1. The van der Waals surface area contributed by atoms with E-state index in [-0.39, 0.29) is 5.91 Å². The monoisotopic (exact) mass is 454 g/mol. The summed E-state index contributed by atoms with van der Waals surface area (Å²) in [5.41, 5.74) is 1.30. The zero-order valence-electron chi connectivity index (χ0n) is 14.4. The standard InChI is InChI=1S/C16H17BrN2OS.C2H2O4/c17-14-5-2-1-4-13(14)12-18-7-9-19(10-8-18)16(20)15-6-3-11-21-15;3-1(4)2(5)6/h1-6,11H,7-10,12H2;(H,3,4)(H,5,6). The number of carbonyl (C=O) groups is 3. The summed E-state index contributed by atoms with van der Waals surface area (Å²) >= 11 is 5.11. The zero-order valence-corrected chi connectivity index (χ0v) is 16.8. The summed E-state index contributed by atoms with van der Waals surface area (Å²) in [7, 11) is 0. The lowest BCUT2D eigenvalue weighted by Gasteiger charge is -2.34. The molecule has 0 atom stereocenters. The van der Waals surface area contributed by atoms with E-state index in [0.717, 1.165) is 42.1 Å². The highest BCUT2D eigenvalue weighted by Gasteiger charge is 2.22. The van der Waals surface area contributed by atoms with Gasteiger partial charge in [-0.1, -0.05) is 40.2 Å². The van der Waals surface area contributed by atoms with Crippen LogP contribution in [-0.2, 0) is 16.1 Å². The summed E-state index contributed by atoms with van der Waals surface area (Å²) in [5.74, 6) is -3.48. The molecule has 0 bridgehead atoms. The Balaban J connectivity index is 0.000000380. The van der Waals surface area contributed by atoms with Crippen molar-refractivity contribution < 1.29 is 24.6 Å². The predicted octanol–water partition coefficient (Wildman–Crippen LogP) is 2.62. The van der Waals surface area contributed by atoms with Crippen LogP contribution >= 0.6 is 27.3 Å². The molecule has 2 N–H and O–H groups in total. The van der Waals surface area contributed by atoms with Crippen LogP contribution < -0.4 is 0 Å². The van der Waals surface area contributed by atoms with Crippen molar-refractivity contribution in [3.05, 3.63) is 56.7 Å². The van der Waals surface area contributed by atoms with Gasteiger partial charge in [-0.15, -0.1) is 11.3 Å². The van der Waals surface area contributed by atoms with Crippen LogP contribution in [0.3, 0.4) is 0 Å². The van der Waals surface area contributed by atoms with Crippen LogP contribution in [0.25, 0.3) is 0 Å². The van der Waals surface area contributed by atoms with Gasteiger partial charge in [-0.2, -0.15) is 0 Å². The number of halogens is 1. The third-order valence-electron chi connectivity index (χ3n) is 3.93. The molecular formula is C18H19BrN2O5S. The Morgan fingerprint density at radius 2 is 1.59 bits per heavy atom. The van der Waals surface area contributed by atoms with Crippen molar-refractivity contribution in [3.8, 4) is 0 Å². The van der Waals surface area contributed by atoms with E-state index in [4.69, 9.17) is 19.8 Å². The van der Waals surface area contributed by atoms with Crippen molar-refractivity contribution in [1.29, 1.82) is 0 Å². The molecule has 0 unspecified atom stereocenters. The first-order chi connectivity index (χ1) is 12.9. The van der Waals surface area contributed by atoms with E-state index in [9.17, 15) is 4.79 Å². The zero-order chi connectivity index (χ0) is 19.8. The van der Waals surface area contributed by atoms with Gasteiger partial charge in [-0.05, 0) is 23.1 Å². The van der Waals surface area contributed by atoms with E-state index in [0.29, 0.717) is 0 Å². The fourth-order valence-corrected chi connectivity index (χ4v) is 3.63. The molecule has 0 aliphatic carbocycles. The Kier molecular flexibility index (Phi) is 7.96. The van der Waals surface area contributed by atoms with Gasteiger partial charge in [-0.25, -0.2) is 9.59 Å². The molecule has 1 aromatic carbocycles. The Labute approximate surface area is 169 Å². The van der Waals surface area contributed by atoms with E-state index in [1.165, 1.54) is 16.9 Å². The molecule has 1 amide bonds. The molecule has 2 heterocycles. The van der Waals surface area contributed by atoms with Crippen molar-refractivity contribution >= 4 is 45.1 Å². The Bertz CT molecular complexity index is 777. The van der Waals surface area contributed by atoms with Crippen molar-refractivity contribution in [2.45, 2.75) is 6.54 Å². The molecule has 1 fully saturated rings. The summed E-state index contributed by atoms with van der Waals surface area (Å²) in [4.78, 5) is 35.7. The molecule has 1 aliphatic rings. The number of amides is 1. The van der Waals surface area contributed by atoms with Crippen molar-refractivity contribution in [3.63, 3.8) is 0 Å². The van der Waals surface area contributed by atoms with E-state index in [2.05, 4.69) is 39.0 Å². The minimum absolute atomic E-state index is 0.172. The summed E-state index contributed by atoms with van der Waals surface area (Å²) in [6.45, 7) is 4.40. The summed E-state index contributed by atoms with van der Waals surface area (Å²) in [6, 6.07) is 12.2. The SMILES string of the molecule is O=C(O)C(=O)O.O=C(c1cccs1)N1CCN(Cc2ccccc2Br)CC1. The van der Waals surface area contributed by atoms with E-state index in [1.807, 2.05) is 28.5 Å². The second-order valence-electron chi connectivity index (χ2n) is 5.75. The van der Waals surface area contributed by atoms with Crippen molar-refractivity contribution in [2.75, 3.05) is 26.2 Å². The molecule has 0 spiro atoms. The number of carboxylic acid groups (broad SMARTS) is 2. The second-order valence-corrected chi connectivity index (χ2v) is 7.55. The molecule has 3 rings (SSSR count). The van der Waals surface area contributed by atoms with Crippen LogP contribution in [-0.4, -0.2) is 64.0 Å². The van der Waals surface area contributed by atoms with Crippen LogP contribution in [0.2, 0.25) is 0 Å². The van der Waals surface area contributed by atoms with Crippen LogP contribution in [0.15, 0.2) is 46.3 Å². The number of piperazine rings is 1. The number of aliphatic carboxylic acids is 2. The maximum atomic E-state index is 12.3. The average molecular weight is 455 g/mol. The van der Waals surface area contributed by atoms with Crippen LogP contribution in [0, 0.1) is 0 Å². The number of benzene rings is 1. The minimum atomic E-state index is -1.82. The van der Waals surface area contributed by atoms with E-state index >= 15 is 0 Å². The molecule has 1 aromatic heterocycles. The number of rotatable bonds is 3. The highest BCUT2D eigenvalue weighted by molar-refractivity contribution is 9.10. The molecule has 1 aliphatic heterocycles. The van der Waals surface area contributed by atoms with Gasteiger partial charge in [0.2, 0.25) is 0 Å². The summed E-state index contributed by atoms with van der Waals surface area (Å²) in [6.07, 6.45) is 0. The molecule has 1 saturated heterocycles. The molecule has 7 nitrogen and oxygen atoms in total. The largest absolute Gasteiger partial charge is 0.473 e. The molecule has 9 heteroatoms. The van der Waals surface area contributed by atoms with Gasteiger partial charge < -0.3 is 15.1 Å². The Hall–Kier alpha value is -2.23. The molecule has 27 heavy (non-hydrogen) atoms. The van der Waals surface area contributed by atoms with Gasteiger partial charge in [-0.3, -0.25) is 9.69 Å². The lowest BCUT2D eigenvalue weighted by atomic mass is 10.2. The summed E-state index contributed by atoms with van der Waals surface area (Å²) in [5, 5.41) is 16.7. The van der Waals surface area contributed by atoms with E-state index in [1.54, 1.807) is 0 Å². The fraction of sp³-hybridized carbons (Fsp3) is 0.278. The number of thiophene rings is 1. The Morgan fingerprint density at radius 3 is 2.11 bits per heavy atom. The molecule has 0 saturated carbocycles. The Morgan fingerprint density at radius 1 is 0.963 bits per heavy atom. The fourth-order valence-electron chi connectivity index (χ4n) is 2.53. The highest BCUT2D eigenvalue weighted by atomic mass is 79.9. The number of nitrogens with zero attached hydrogens (tertiary/aromatic N) is 2. The maximum absolute atomic E-state index is 12.3. The van der Waals surface area contributed by atoms with Crippen molar-refractivity contribution in [2.24, 2.45) is 0 Å². The highest BCUT2D eigenvalue weighted by Crippen LogP contribution is 2.19. The van der Waals surface area contributed by atoms with Crippen LogP contribution in [0.5, 0.6) is 0 Å². The topological polar surface area (TPSA) is 98.1 Å². The second kappa shape index (κ2) is 10.2. The van der Waals surface area contributed by atoms with Gasteiger partial charge in [0.05, 0.1) is 4.88 Å². The molecule has 0 radical (unpaired) electrons. The average Bonchev–Trinajstić information content (AvgIpc) is 3.19. The lowest BCUT2D eigenvalue weighted by molar-refractivity contribution is -0.159. The molecule has 2 aromatic rings. The van der Waals surface area contributed by atoms with Crippen LogP contribution in [0.4, 0.5) is 0 Å². The first-order valence-electron chi connectivity index (χ1n) is 8.13. The van der Waals surface area contributed by atoms with Gasteiger partial charge in [0.1, 0.15) is 0 Å². The van der Waals surface area contributed by atoms with Gasteiger partial charge in [0.15, 0.2) is 0 Å². The molecular weight excluding hydrogens is 436 g/mol. The van der Waals surface area contributed by atoms with Crippen LogP contribution in [0.1, 0.15) is 15.2 Å². The molecule has 144 valence electrons. The minimum Gasteiger partial charge on any atom is -0.473 e. The quantitative estimate of drug-likeness (QED) is 0.691. The lowest BCUT2D eigenvalue weighted by Crippen LogP contribution is -2.48. The normalized spacial score (nSPS) is 14.2. The third kappa shape index (κ3) is 6.46. The predicted molar refractivity (Wildman–Crippen MR) is 105 cm³/mol. The third-order valence-corrected chi connectivity index (χ3v) is 5.56. The maximum Gasteiger partial charge on any atom is 0.414 e. The number of hydrogen-bond donors (Lipinski definition) is 2. The smallest absolute Gasteiger partial charge is 0.414 e. The summed E-state index contributed by atoms with van der Waals surface area (Å²) < 4.78 is 1.15. The van der Waals surface area contributed by atoms with Gasteiger partial charge in [0, 0.05) is 37.2 Å². The van der Waals surface area contributed by atoms with Gasteiger partial charge in [0.25, 0.3) is 5.91 Å². The number of carbonyl (C=O) groups excluding carboxylic acids is 1. The van der Waals surface area contributed by atoms with Crippen molar-refractivity contribution in [1.82, 2.24) is 9.80 Å². The first-order valence-corrected chi connectivity index (χ1v) is 9.80. The number of hydrogen-bond acceptors (Lipinski definition) is 5.